The SMILES string of the molecule is CCNC(=O)CN(C)Cc1sncc1Br. The molecule has 0 saturated heterocycles. The fourth-order valence-electron chi connectivity index (χ4n) is 1.16. The minimum atomic E-state index is 0.0561. The predicted octanol–water partition coefficient (Wildman–Crippen LogP) is 1.47. The van der Waals surface area contributed by atoms with Crippen molar-refractivity contribution in [2.24, 2.45) is 0 Å². The zero-order valence-corrected chi connectivity index (χ0v) is 11.2. The Morgan fingerprint density at radius 2 is 2.47 bits per heavy atom. The maximum absolute atomic E-state index is 11.3. The monoisotopic (exact) mass is 291 g/mol. The number of hydrogen-bond donors (Lipinski definition) is 1. The fraction of sp³-hybridized carbons (Fsp3) is 0.556. The highest BCUT2D eigenvalue weighted by atomic mass is 79.9. The average molecular weight is 292 g/mol. The molecule has 0 aliphatic heterocycles. The number of rotatable bonds is 5. The summed E-state index contributed by atoms with van der Waals surface area (Å²) in [5.41, 5.74) is 0. The summed E-state index contributed by atoms with van der Waals surface area (Å²) >= 11 is 4.86. The van der Waals surface area contributed by atoms with E-state index in [0.29, 0.717) is 13.1 Å². The summed E-state index contributed by atoms with van der Waals surface area (Å²) in [6, 6.07) is 0. The number of amides is 1. The van der Waals surface area contributed by atoms with Gasteiger partial charge >= 0.3 is 0 Å². The number of nitrogens with zero attached hydrogens (tertiary/aromatic N) is 2. The van der Waals surface area contributed by atoms with E-state index >= 15 is 0 Å². The largest absolute Gasteiger partial charge is 0.355 e. The summed E-state index contributed by atoms with van der Waals surface area (Å²) in [4.78, 5) is 14.4. The molecule has 6 heteroatoms. The van der Waals surface area contributed by atoms with E-state index in [0.717, 1.165) is 15.9 Å². The lowest BCUT2D eigenvalue weighted by Gasteiger charge is -2.14. The lowest BCUT2D eigenvalue weighted by Crippen LogP contribution is -2.34. The highest BCUT2D eigenvalue weighted by Gasteiger charge is 2.09. The van der Waals surface area contributed by atoms with Crippen molar-refractivity contribution in [2.75, 3.05) is 20.1 Å². The first-order valence-electron chi connectivity index (χ1n) is 4.67. The van der Waals surface area contributed by atoms with Gasteiger partial charge in [-0.1, -0.05) is 0 Å². The molecule has 0 aliphatic rings. The van der Waals surface area contributed by atoms with Crippen LogP contribution in [-0.2, 0) is 11.3 Å². The van der Waals surface area contributed by atoms with Gasteiger partial charge in [0.1, 0.15) is 0 Å². The van der Waals surface area contributed by atoms with Crippen LogP contribution in [0.2, 0.25) is 0 Å². The molecule has 0 atom stereocenters. The highest BCUT2D eigenvalue weighted by Crippen LogP contribution is 2.20. The molecule has 0 fully saturated rings. The summed E-state index contributed by atoms with van der Waals surface area (Å²) < 4.78 is 5.07. The number of carbonyl (C=O) groups excluding carboxylic acids is 1. The number of hydrogen-bond acceptors (Lipinski definition) is 4. The molecule has 1 N–H and O–H groups in total. The van der Waals surface area contributed by atoms with Crippen molar-refractivity contribution in [3.05, 3.63) is 15.5 Å². The third-order valence-electron chi connectivity index (χ3n) is 1.80. The van der Waals surface area contributed by atoms with Crippen molar-refractivity contribution in [1.82, 2.24) is 14.6 Å². The summed E-state index contributed by atoms with van der Waals surface area (Å²) in [5.74, 6) is 0.0561. The second kappa shape index (κ2) is 6.19. The van der Waals surface area contributed by atoms with Gasteiger partial charge in [0, 0.05) is 13.1 Å². The number of aromatic nitrogens is 1. The van der Waals surface area contributed by atoms with Crippen molar-refractivity contribution >= 4 is 33.4 Å². The van der Waals surface area contributed by atoms with E-state index in [-0.39, 0.29) is 5.91 Å². The van der Waals surface area contributed by atoms with Gasteiger partial charge in [0.25, 0.3) is 0 Å². The lowest BCUT2D eigenvalue weighted by molar-refractivity contribution is -0.121. The quantitative estimate of drug-likeness (QED) is 0.894. The Morgan fingerprint density at radius 1 is 1.73 bits per heavy atom. The van der Waals surface area contributed by atoms with E-state index in [1.165, 1.54) is 11.5 Å². The van der Waals surface area contributed by atoms with Crippen LogP contribution in [0.4, 0.5) is 0 Å². The number of likely N-dealkylation sites (N-methyl/N-ethyl adjacent to an activating group) is 2. The van der Waals surface area contributed by atoms with Gasteiger partial charge in [-0.2, -0.15) is 4.37 Å². The molecule has 0 aliphatic carbocycles. The molecule has 0 spiro atoms. The van der Waals surface area contributed by atoms with E-state index in [2.05, 4.69) is 25.6 Å². The van der Waals surface area contributed by atoms with Crippen LogP contribution in [0.25, 0.3) is 0 Å². The van der Waals surface area contributed by atoms with E-state index in [4.69, 9.17) is 0 Å². The topological polar surface area (TPSA) is 45.2 Å². The van der Waals surface area contributed by atoms with Crippen LogP contribution in [0, 0.1) is 0 Å². The van der Waals surface area contributed by atoms with Gasteiger partial charge < -0.3 is 5.32 Å². The Kier molecular flexibility index (Phi) is 5.21. The third-order valence-corrected chi connectivity index (χ3v) is 3.52. The van der Waals surface area contributed by atoms with Gasteiger partial charge in [-0.3, -0.25) is 9.69 Å². The van der Waals surface area contributed by atoms with Crippen LogP contribution < -0.4 is 5.32 Å². The molecule has 0 bridgehead atoms. The standard InChI is InChI=1S/C9H14BrN3OS/c1-3-11-9(14)6-13(2)5-8-7(10)4-12-15-8/h4H,3,5-6H2,1-2H3,(H,11,14). The molecule has 0 saturated carbocycles. The Hall–Kier alpha value is -0.460. The minimum Gasteiger partial charge on any atom is -0.355 e. The van der Waals surface area contributed by atoms with Crippen LogP contribution in [0.1, 0.15) is 11.8 Å². The highest BCUT2D eigenvalue weighted by molar-refractivity contribution is 9.10. The first-order chi connectivity index (χ1) is 7.13. The zero-order chi connectivity index (χ0) is 11.3. The zero-order valence-electron chi connectivity index (χ0n) is 8.79. The average Bonchev–Trinajstić information content (AvgIpc) is 2.52. The van der Waals surface area contributed by atoms with E-state index < -0.39 is 0 Å². The second-order valence-electron chi connectivity index (χ2n) is 3.22. The molecule has 4 nitrogen and oxygen atoms in total. The maximum atomic E-state index is 11.3. The lowest BCUT2D eigenvalue weighted by atomic mass is 10.4. The number of halogens is 1. The van der Waals surface area contributed by atoms with Crippen LogP contribution in [0.3, 0.4) is 0 Å². The van der Waals surface area contributed by atoms with E-state index in [1.54, 1.807) is 6.20 Å². The second-order valence-corrected chi connectivity index (χ2v) is 4.96. The molecule has 1 heterocycles. The molecule has 0 unspecified atom stereocenters. The molecule has 0 aromatic carbocycles. The van der Waals surface area contributed by atoms with Gasteiger partial charge in [0.2, 0.25) is 5.91 Å². The molecule has 0 radical (unpaired) electrons. The van der Waals surface area contributed by atoms with Gasteiger partial charge in [-0.15, -0.1) is 0 Å². The Bertz CT molecular complexity index is 329. The van der Waals surface area contributed by atoms with Crippen molar-refractivity contribution in [1.29, 1.82) is 0 Å². The van der Waals surface area contributed by atoms with Gasteiger partial charge in [-0.05, 0) is 41.4 Å². The molecule has 1 rings (SSSR count). The van der Waals surface area contributed by atoms with Crippen molar-refractivity contribution < 1.29 is 4.79 Å². The number of carbonyl (C=O) groups is 1. The Morgan fingerprint density at radius 3 is 3.00 bits per heavy atom. The normalized spacial score (nSPS) is 10.7. The smallest absolute Gasteiger partial charge is 0.234 e. The van der Waals surface area contributed by atoms with Crippen LogP contribution >= 0.6 is 27.5 Å². The first kappa shape index (κ1) is 12.6. The molecule has 1 aromatic heterocycles. The van der Waals surface area contributed by atoms with E-state index in [9.17, 15) is 4.79 Å². The summed E-state index contributed by atoms with van der Waals surface area (Å²) in [6.07, 6.45) is 1.78. The first-order valence-corrected chi connectivity index (χ1v) is 6.24. The van der Waals surface area contributed by atoms with Gasteiger partial charge in [-0.25, -0.2) is 0 Å². The number of nitrogens with one attached hydrogen (secondary N) is 1. The molecule has 15 heavy (non-hydrogen) atoms. The summed E-state index contributed by atoms with van der Waals surface area (Å²) in [6.45, 7) is 3.75. The molecular formula is C9H14BrN3OS. The van der Waals surface area contributed by atoms with Gasteiger partial charge in [0.15, 0.2) is 0 Å². The molecule has 1 amide bonds. The molecule has 1 aromatic rings. The Labute approximate surface area is 102 Å². The molecular weight excluding hydrogens is 278 g/mol. The Balaban J connectivity index is 2.39. The van der Waals surface area contributed by atoms with Crippen LogP contribution in [-0.4, -0.2) is 35.3 Å². The van der Waals surface area contributed by atoms with Gasteiger partial charge in [0.05, 0.1) is 22.1 Å². The summed E-state index contributed by atoms with van der Waals surface area (Å²) in [5, 5.41) is 2.77. The van der Waals surface area contributed by atoms with Crippen LogP contribution in [0.5, 0.6) is 0 Å². The fourth-order valence-corrected chi connectivity index (χ4v) is 2.44. The molecule has 84 valence electrons. The van der Waals surface area contributed by atoms with Crippen LogP contribution in [0.15, 0.2) is 10.7 Å². The summed E-state index contributed by atoms with van der Waals surface area (Å²) in [7, 11) is 1.92. The third kappa shape index (κ3) is 4.27. The minimum absolute atomic E-state index is 0.0561. The van der Waals surface area contributed by atoms with Crippen molar-refractivity contribution in [3.63, 3.8) is 0 Å². The van der Waals surface area contributed by atoms with Crippen molar-refractivity contribution in [3.8, 4) is 0 Å². The van der Waals surface area contributed by atoms with Crippen molar-refractivity contribution in [2.45, 2.75) is 13.5 Å². The van der Waals surface area contributed by atoms with E-state index in [1.807, 2.05) is 18.9 Å². The maximum Gasteiger partial charge on any atom is 0.234 e. The predicted molar refractivity (Wildman–Crippen MR) is 64.8 cm³/mol.